The van der Waals surface area contributed by atoms with E-state index >= 15 is 0 Å². The number of sulfonamides is 1. The van der Waals surface area contributed by atoms with Crippen molar-refractivity contribution in [2.24, 2.45) is 5.10 Å². The lowest BCUT2D eigenvalue weighted by Crippen LogP contribution is -2.20. The molecule has 0 saturated carbocycles. The molecular formula is C16H15BrN2O6S. The number of hydrogen-bond acceptors (Lipinski definition) is 7. The molecule has 2 aromatic carbocycles. The Balaban J connectivity index is 1.78. The number of phenolic OH excluding ortho intramolecular Hbond substituents is 1. The molecule has 0 saturated heterocycles. The van der Waals surface area contributed by atoms with Gasteiger partial charge in [0.15, 0.2) is 23.0 Å². The maximum absolute atomic E-state index is 12.4. The van der Waals surface area contributed by atoms with Gasteiger partial charge in [-0.1, -0.05) is 0 Å². The number of halogens is 1. The molecule has 0 atom stereocenters. The molecule has 0 bridgehead atoms. The molecule has 1 aliphatic heterocycles. The normalized spacial score (nSPS) is 13.6. The number of rotatable bonds is 5. The first-order chi connectivity index (χ1) is 12.4. The van der Waals surface area contributed by atoms with E-state index in [1.54, 1.807) is 6.07 Å². The Morgan fingerprint density at radius 3 is 2.69 bits per heavy atom. The maximum Gasteiger partial charge on any atom is 0.276 e. The summed E-state index contributed by atoms with van der Waals surface area (Å²) in [5.41, 5.74) is 0.524. The number of benzene rings is 2. The van der Waals surface area contributed by atoms with Gasteiger partial charge in [0.05, 0.1) is 22.7 Å². The summed E-state index contributed by atoms with van der Waals surface area (Å²) >= 11 is 3.18. The average Bonchev–Trinajstić information content (AvgIpc) is 2.64. The number of nitrogens with zero attached hydrogens (tertiary/aromatic N) is 1. The van der Waals surface area contributed by atoms with E-state index in [-0.39, 0.29) is 16.4 Å². The predicted molar refractivity (Wildman–Crippen MR) is 97.7 cm³/mol. The Morgan fingerprint density at radius 2 is 1.96 bits per heavy atom. The van der Waals surface area contributed by atoms with Crippen molar-refractivity contribution in [2.45, 2.75) is 4.90 Å². The van der Waals surface area contributed by atoms with Crippen molar-refractivity contribution in [3.05, 3.63) is 40.4 Å². The van der Waals surface area contributed by atoms with Crippen molar-refractivity contribution >= 4 is 32.2 Å². The third kappa shape index (κ3) is 3.86. The standard InChI is InChI=1S/C16H15BrN2O6S/c1-23-15-7-10(6-12(17)16(15)20)9-18-19-26(21,22)11-2-3-13-14(8-11)25-5-4-24-13/h2-3,6-9,19-20H,4-5H2,1H3/b18-9-. The van der Waals surface area contributed by atoms with Gasteiger partial charge in [-0.15, -0.1) is 0 Å². The highest BCUT2D eigenvalue weighted by molar-refractivity contribution is 9.10. The Morgan fingerprint density at radius 1 is 1.23 bits per heavy atom. The Labute approximate surface area is 158 Å². The van der Waals surface area contributed by atoms with Crippen molar-refractivity contribution in [3.8, 4) is 23.0 Å². The number of ether oxygens (including phenoxy) is 3. The van der Waals surface area contributed by atoms with Crippen LogP contribution in [0.15, 0.2) is 44.8 Å². The Kier molecular flexibility index (Phi) is 5.23. The summed E-state index contributed by atoms with van der Waals surface area (Å²) in [6.07, 6.45) is 1.29. The molecule has 2 aromatic rings. The molecule has 1 aliphatic rings. The van der Waals surface area contributed by atoms with Crippen molar-refractivity contribution < 1.29 is 27.7 Å². The molecule has 0 aromatic heterocycles. The van der Waals surface area contributed by atoms with E-state index in [0.717, 1.165) is 0 Å². The van der Waals surface area contributed by atoms with Gasteiger partial charge in [0.25, 0.3) is 10.0 Å². The molecule has 8 nitrogen and oxygen atoms in total. The van der Waals surface area contributed by atoms with Gasteiger partial charge < -0.3 is 19.3 Å². The first-order valence-electron chi connectivity index (χ1n) is 7.42. The van der Waals surface area contributed by atoms with E-state index in [4.69, 9.17) is 14.2 Å². The second-order valence-electron chi connectivity index (χ2n) is 5.21. The van der Waals surface area contributed by atoms with Crippen LogP contribution in [-0.4, -0.2) is 40.1 Å². The lowest BCUT2D eigenvalue weighted by atomic mass is 10.2. The monoisotopic (exact) mass is 442 g/mol. The molecule has 0 fully saturated rings. The topological polar surface area (TPSA) is 106 Å². The molecule has 0 radical (unpaired) electrons. The third-order valence-corrected chi connectivity index (χ3v) is 5.31. The fourth-order valence-corrected chi connectivity index (χ4v) is 3.50. The van der Waals surface area contributed by atoms with Crippen LogP contribution in [0.3, 0.4) is 0 Å². The van der Waals surface area contributed by atoms with E-state index in [1.165, 1.54) is 37.6 Å². The minimum Gasteiger partial charge on any atom is -0.503 e. The van der Waals surface area contributed by atoms with Gasteiger partial charge in [0.2, 0.25) is 0 Å². The highest BCUT2D eigenvalue weighted by Crippen LogP contribution is 2.35. The summed E-state index contributed by atoms with van der Waals surface area (Å²) in [5.74, 6) is 1.05. The first kappa shape index (κ1) is 18.3. The SMILES string of the molecule is COc1cc(/C=N\NS(=O)(=O)c2ccc3c(c2)OCCO3)cc(Br)c1O. The molecule has 0 spiro atoms. The van der Waals surface area contributed by atoms with Crippen LogP contribution in [0.1, 0.15) is 5.56 Å². The second kappa shape index (κ2) is 7.42. The molecule has 0 amide bonds. The van der Waals surface area contributed by atoms with Crippen LogP contribution in [0, 0.1) is 0 Å². The molecular weight excluding hydrogens is 428 g/mol. The predicted octanol–water partition coefficient (Wildman–Crippen LogP) is 2.25. The van der Waals surface area contributed by atoms with Crippen LogP contribution in [0.5, 0.6) is 23.0 Å². The number of nitrogens with one attached hydrogen (secondary N) is 1. The highest BCUT2D eigenvalue weighted by atomic mass is 79.9. The van der Waals surface area contributed by atoms with Gasteiger partial charge in [0.1, 0.15) is 13.2 Å². The zero-order chi connectivity index (χ0) is 18.7. The second-order valence-corrected chi connectivity index (χ2v) is 7.73. The van der Waals surface area contributed by atoms with Gasteiger partial charge >= 0.3 is 0 Å². The van der Waals surface area contributed by atoms with Crippen molar-refractivity contribution in [3.63, 3.8) is 0 Å². The van der Waals surface area contributed by atoms with E-state index in [0.29, 0.717) is 34.7 Å². The van der Waals surface area contributed by atoms with Crippen molar-refractivity contribution in [1.82, 2.24) is 4.83 Å². The maximum atomic E-state index is 12.4. The van der Waals surface area contributed by atoms with Gasteiger partial charge in [-0.05, 0) is 45.8 Å². The van der Waals surface area contributed by atoms with Crippen molar-refractivity contribution in [2.75, 3.05) is 20.3 Å². The summed E-state index contributed by atoms with van der Waals surface area (Å²) < 4.78 is 40.9. The van der Waals surface area contributed by atoms with Crippen LogP contribution < -0.4 is 19.0 Å². The van der Waals surface area contributed by atoms with E-state index in [2.05, 4.69) is 25.9 Å². The average molecular weight is 443 g/mol. The van der Waals surface area contributed by atoms with Crippen LogP contribution in [0.25, 0.3) is 0 Å². The number of aromatic hydroxyl groups is 1. The smallest absolute Gasteiger partial charge is 0.276 e. The molecule has 3 rings (SSSR count). The van der Waals surface area contributed by atoms with E-state index < -0.39 is 10.0 Å². The van der Waals surface area contributed by atoms with Gasteiger partial charge in [-0.25, -0.2) is 4.83 Å². The number of fused-ring (bicyclic) bond motifs is 1. The highest BCUT2D eigenvalue weighted by Gasteiger charge is 2.18. The Bertz CT molecular complexity index is 961. The van der Waals surface area contributed by atoms with Crippen LogP contribution in [0.4, 0.5) is 0 Å². The van der Waals surface area contributed by atoms with Crippen LogP contribution in [0.2, 0.25) is 0 Å². The zero-order valence-corrected chi connectivity index (χ0v) is 16.0. The largest absolute Gasteiger partial charge is 0.503 e. The molecule has 1 heterocycles. The quantitative estimate of drug-likeness (QED) is 0.543. The molecule has 138 valence electrons. The van der Waals surface area contributed by atoms with Crippen LogP contribution >= 0.6 is 15.9 Å². The summed E-state index contributed by atoms with van der Waals surface area (Å²) in [4.78, 5) is 2.13. The van der Waals surface area contributed by atoms with E-state index in [1.807, 2.05) is 0 Å². The number of phenols is 1. The third-order valence-electron chi connectivity index (χ3n) is 3.48. The fraction of sp³-hybridized carbons (Fsp3) is 0.188. The minimum absolute atomic E-state index is 0.00312. The molecule has 26 heavy (non-hydrogen) atoms. The summed E-state index contributed by atoms with van der Waals surface area (Å²) in [7, 11) is -2.46. The minimum atomic E-state index is -3.87. The summed E-state index contributed by atoms with van der Waals surface area (Å²) in [5, 5.41) is 13.5. The molecule has 10 heteroatoms. The first-order valence-corrected chi connectivity index (χ1v) is 9.69. The fourth-order valence-electron chi connectivity index (χ4n) is 2.24. The van der Waals surface area contributed by atoms with Crippen molar-refractivity contribution in [1.29, 1.82) is 0 Å². The zero-order valence-electron chi connectivity index (χ0n) is 13.6. The Hall–Kier alpha value is -2.46. The van der Waals surface area contributed by atoms with E-state index in [9.17, 15) is 13.5 Å². The van der Waals surface area contributed by atoms with Gasteiger partial charge in [0, 0.05) is 6.07 Å². The number of methoxy groups -OCH3 is 1. The molecule has 0 unspecified atom stereocenters. The molecule has 0 aliphatic carbocycles. The number of hydrazone groups is 1. The van der Waals surface area contributed by atoms with Crippen LogP contribution in [-0.2, 0) is 10.0 Å². The number of hydrogen-bond donors (Lipinski definition) is 2. The molecule has 2 N–H and O–H groups in total. The van der Waals surface area contributed by atoms with Gasteiger partial charge in [-0.2, -0.15) is 13.5 Å². The summed E-state index contributed by atoms with van der Waals surface area (Å²) in [6, 6.07) is 7.41. The summed E-state index contributed by atoms with van der Waals surface area (Å²) in [6.45, 7) is 0.785. The van der Waals surface area contributed by atoms with Gasteiger partial charge in [-0.3, -0.25) is 0 Å². The lowest BCUT2D eigenvalue weighted by molar-refractivity contribution is 0.171. The lowest BCUT2D eigenvalue weighted by Gasteiger charge is -2.18.